The van der Waals surface area contributed by atoms with Gasteiger partial charge < -0.3 is 10.6 Å². The number of carbonyl (C=O) groups excluding carboxylic acids is 1. The van der Waals surface area contributed by atoms with Crippen molar-refractivity contribution >= 4 is 28.9 Å². The van der Waals surface area contributed by atoms with Crippen LogP contribution in [-0.4, -0.2) is 12.5 Å². The molecule has 0 spiro atoms. The van der Waals surface area contributed by atoms with Crippen LogP contribution in [0, 0.1) is 19.7 Å². The second-order valence-electron chi connectivity index (χ2n) is 4.79. The van der Waals surface area contributed by atoms with Crippen molar-refractivity contribution in [3.63, 3.8) is 0 Å². The van der Waals surface area contributed by atoms with E-state index in [1.54, 1.807) is 0 Å². The van der Waals surface area contributed by atoms with Gasteiger partial charge in [0.2, 0.25) is 5.91 Å². The summed E-state index contributed by atoms with van der Waals surface area (Å²) in [6.45, 7) is 3.99. The summed E-state index contributed by atoms with van der Waals surface area (Å²) < 4.78 is 13.6. The van der Waals surface area contributed by atoms with Gasteiger partial charge in [0.15, 0.2) is 0 Å². The monoisotopic (exact) mass is 306 g/mol. The first-order valence-electron chi connectivity index (χ1n) is 6.52. The summed E-state index contributed by atoms with van der Waals surface area (Å²) >= 11 is 5.66. The van der Waals surface area contributed by atoms with Crippen molar-refractivity contribution in [1.29, 1.82) is 0 Å². The lowest BCUT2D eigenvalue weighted by atomic mass is 10.1. The van der Waals surface area contributed by atoms with Gasteiger partial charge >= 0.3 is 0 Å². The van der Waals surface area contributed by atoms with Crippen molar-refractivity contribution in [2.24, 2.45) is 0 Å². The van der Waals surface area contributed by atoms with Crippen LogP contribution >= 0.6 is 11.6 Å². The number of benzene rings is 2. The molecule has 2 aromatic carbocycles. The third-order valence-electron chi connectivity index (χ3n) is 3.11. The van der Waals surface area contributed by atoms with Crippen LogP contribution < -0.4 is 10.6 Å². The number of aryl methyl sites for hydroxylation is 2. The first-order chi connectivity index (χ1) is 9.97. The van der Waals surface area contributed by atoms with E-state index in [-0.39, 0.29) is 18.1 Å². The number of hydrogen-bond acceptors (Lipinski definition) is 2. The average molecular weight is 307 g/mol. The SMILES string of the molecule is Cc1cccc(C)c1NCC(=O)Nc1ccc(Cl)cc1F. The normalized spacial score (nSPS) is 10.3. The van der Waals surface area contributed by atoms with Crippen molar-refractivity contribution < 1.29 is 9.18 Å². The highest BCUT2D eigenvalue weighted by Gasteiger charge is 2.08. The molecule has 0 atom stereocenters. The molecule has 3 nitrogen and oxygen atoms in total. The van der Waals surface area contributed by atoms with Crippen molar-refractivity contribution in [1.82, 2.24) is 0 Å². The minimum absolute atomic E-state index is 0.0633. The number of para-hydroxylation sites is 1. The van der Waals surface area contributed by atoms with Gasteiger partial charge in [-0.3, -0.25) is 4.79 Å². The lowest BCUT2D eigenvalue weighted by Gasteiger charge is -2.13. The van der Waals surface area contributed by atoms with E-state index in [4.69, 9.17) is 11.6 Å². The molecule has 2 rings (SSSR count). The fraction of sp³-hybridized carbons (Fsp3) is 0.188. The van der Waals surface area contributed by atoms with Crippen LogP contribution in [0.2, 0.25) is 5.02 Å². The van der Waals surface area contributed by atoms with E-state index in [1.807, 2.05) is 32.0 Å². The Morgan fingerprint density at radius 1 is 1.19 bits per heavy atom. The highest BCUT2D eigenvalue weighted by molar-refractivity contribution is 6.30. The Morgan fingerprint density at radius 3 is 2.48 bits per heavy atom. The second-order valence-corrected chi connectivity index (χ2v) is 5.23. The Kier molecular flexibility index (Phi) is 4.81. The molecule has 0 saturated carbocycles. The van der Waals surface area contributed by atoms with Gasteiger partial charge in [-0.25, -0.2) is 4.39 Å². The number of rotatable bonds is 4. The summed E-state index contributed by atoms with van der Waals surface area (Å²) in [5.74, 6) is -0.873. The molecule has 110 valence electrons. The van der Waals surface area contributed by atoms with Crippen LogP contribution in [0.4, 0.5) is 15.8 Å². The standard InChI is InChI=1S/C16H16ClFN2O/c1-10-4-3-5-11(2)16(10)19-9-15(21)20-14-7-6-12(17)8-13(14)18/h3-8,19H,9H2,1-2H3,(H,20,21). The van der Waals surface area contributed by atoms with E-state index in [0.29, 0.717) is 5.02 Å². The predicted octanol–water partition coefficient (Wildman–Crippen LogP) is 4.15. The van der Waals surface area contributed by atoms with E-state index in [0.717, 1.165) is 22.9 Å². The molecule has 21 heavy (non-hydrogen) atoms. The van der Waals surface area contributed by atoms with Gasteiger partial charge in [0.25, 0.3) is 0 Å². The molecule has 0 saturated heterocycles. The minimum atomic E-state index is -0.553. The van der Waals surface area contributed by atoms with Crippen LogP contribution in [0.3, 0.4) is 0 Å². The van der Waals surface area contributed by atoms with Crippen molar-refractivity contribution in [3.8, 4) is 0 Å². The van der Waals surface area contributed by atoms with E-state index < -0.39 is 5.82 Å². The second kappa shape index (κ2) is 6.59. The number of anilines is 2. The van der Waals surface area contributed by atoms with E-state index in [1.165, 1.54) is 12.1 Å². The fourth-order valence-corrected chi connectivity index (χ4v) is 2.21. The number of halogens is 2. The molecule has 5 heteroatoms. The summed E-state index contributed by atoms with van der Waals surface area (Å²) in [4.78, 5) is 11.9. The first-order valence-corrected chi connectivity index (χ1v) is 6.90. The molecular formula is C16H16ClFN2O. The van der Waals surface area contributed by atoms with Gasteiger partial charge in [-0.2, -0.15) is 0 Å². The zero-order chi connectivity index (χ0) is 15.4. The lowest BCUT2D eigenvalue weighted by Crippen LogP contribution is -2.22. The minimum Gasteiger partial charge on any atom is -0.376 e. The summed E-state index contributed by atoms with van der Waals surface area (Å²) in [6, 6.07) is 10.0. The number of hydrogen-bond donors (Lipinski definition) is 2. The predicted molar refractivity (Wildman–Crippen MR) is 84.4 cm³/mol. The summed E-state index contributed by atoms with van der Waals surface area (Å²) in [7, 11) is 0. The molecule has 1 amide bonds. The van der Waals surface area contributed by atoms with Crippen LogP contribution in [-0.2, 0) is 4.79 Å². The third-order valence-corrected chi connectivity index (χ3v) is 3.35. The molecule has 0 aliphatic rings. The lowest BCUT2D eigenvalue weighted by molar-refractivity contribution is -0.114. The van der Waals surface area contributed by atoms with E-state index in [2.05, 4.69) is 10.6 Å². The molecule has 2 N–H and O–H groups in total. The van der Waals surface area contributed by atoms with Crippen molar-refractivity contribution in [3.05, 3.63) is 58.4 Å². The van der Waals surface area contributed by atoms with Gasteiger partial charge in [0, 0.05) is 10.7 Å². The summed E-state index contributed by atoms with van der Waals surface area (Å²) in [5, 5.41) is 5.87. The molecular weight excluding hydrogens is 291 g/mol. The maximum atomic E-state index is 13.6. The van der Waals surface area contributed by atoms with Gasteiger partial charge in [-0.1, -0.05) is 29.8 Å². The third kappa shape index (κ3) is 3.95. The van der Waals surface area contributed by atoms with Gasteiger partial charge in [-0.15, -0.1) is 0 Å². The van der Waals surface area contributed by atoms with E-state index in [9.17, 15) is 9.18 Å². The highest BCUT2D eigenvalue weighted by atomic mass is 35.5. The zero-order valence-electron chi connectivity index (χ0n) is 11.8. The summed E-state index contributed by atoms with van der Waals surface area (Å²) in [5.41, 5.74) is 3.15. The maximum Gasteiger partial charge on any atom is 0.243 e. The molecule has 0 unspecified atom stereocenters. The number of amides is 1. The van der Waals surface area contributed by atoms with Gasteiger partial charge in [0.05, 0.1) is 12.2 Å². The van der Waals surface area contributed by atoms with Crippen LogP contribution in [0.1, 0.15) is 11.1 Å². The molecule has 0 aliphatic heterocycles. The fourth-order valence-electron chi connectivity index (χ4n) is 2.05. The van der Waals surface area contributed by atoms with Crippen LogP contribution in [0.25, 0.3) is 0 Å². The molecule has 2 aromatic rings. The number of nitrogens with one attached hydrogen (secondary N) is 2. The smallest absolute Gasteiger partial charge is 0.243 e. The molecule has 0 fully saturated rings. The summed E-state index contributed by atoms with van der Waals surface area (Å²) in [6.07, 6.45) is 0. The quantitative estimate of drug-likeness (QED) is 0.891. The first kappa shape index (κ1) is 15.3. The Morgan fingerprint density at radius 2 is 1.86 bits per heavy atom. The highest BCUT2D eigenvalue weighted by Crippen LogP contribution is 2.20. The van der Waals surface area contributed by atoms with Crippen molar-refractivity contribution in [2.45, 2.75) is 13.8 Å². The molecule has 0 aliphatic carbocycles. The Balaban J connectivity index is 1.99. The Bertz CT molecular complexity index is 653. The average Bonchev–Trinajstić information content (AvgIpc) is 2.41. The molecule has 0 bridgehead atoms. The maximum absolute atomic E-state index is 13.6. The van der Waals surface area contributed by atoms with Crippen LogP contribution in [0.5, 0.6) is 0 Å². The Labute approximate surface area is 128 Å². The Hall–Kier alpha value is -2.07. The molecule has 0 heterocycles. The zero-order valence-corrected chi connectivity index (χ0v) is 12.6. The van der Waals surface area contributed by atoms with Crippen LogP contribution in [0.15, 0.2) is 36.4 Å². The topological polar surface area (TPSA) is 41.1 Å². The van der Waals surface area contributed by atoms with Gasteiger partial charge in [0.1, 0.15) is 5.82 Å². The van der Waals surface area contributed by atoms with Crippen molar-refractivity contribution in [2.75, 3.05) is 17.2 Å². The van der Waals surface area contributed by atoms with Gasteiger partial charge in [-0.05, 0) is 43.2 Å². The van der Waals surface area contributed by atoms with E-state index >= 15 is 0 Å². The largest absolute Gasteiger partial charge is 0.376 e. The number of carbonyl (C=O) groups is 1. The molecule has 0 radical (unpaired) electrons. The molecule has 0 aromatic heterocycles.